The van der Waals surface area contributed by atoms with Crippen LogP contribution in [0.5, 0.6) is 0 Å². The first-order valence-electron chi connectivity index (χ1n) is 17.4. The van der Waals surface area contributed by atoms with Gasteiger partial charge in [-0.15, -0.1) is 21.5 Å². The van der Waals surface area contributed by atoms with E-state index >= 15 is 0 Å². The zero-order valence-corrected chi connectivity index (χ0v) is 30.6. The standard InChI is InChI=1S/C39H40ClN7O3S/c1-4-50-34(48)16-7-8-19-46(49)37(29-13-10-18-41-22-29)28-12-9-11-27(21-28)23-45-20-17-31-33(24-45)51-39-35(31)36(30-14-5-6-15-32(30)40)42-25(2)38-44-43-26(3)47(38)39/h5-6,9-15,18,21-22,25H,4,7-8,16-17,19-20,23-24H2,1-3H3/b46-37-. The Morgan fingerprint density at radius 3 is 2.75 bits per heavy atom. The SMILES string of the molecule is CCOC(=O)CCCC/[N+]([O-])=C(/c1cccnc1)c1cccc(CN2CCc3c(sc4c3C(c3ccccc3Cl)=NC(C)c3nnc(C)n3-4)C2)c1. The Kier molecular flexibility index (Phi) is 10.4. The fraction of sp³-hybridized carbons (Fsp3) is 0.333. The number of aliphatic imine (C=N–C) groups is 1. The number of carbonyl (C=O) groups is 1. The predicted octanol–water partition coefficient (Wildman–Crippen LogP) is 7.24. The van der Waals surface area contributed by atoms with E-state index in [0.717, 1.165) is 81.0 Å². The number of esters is 1. The largest absolute Gasteiger partial charge is 0.623 e. The van der Waals surface area contributed by atoms with Crippen molar-refractivity contribution < 1.29 is 14.3 Å². The molecule has 1 atom stereocenters. The summed E-state index contributed by atoms with van der Waals surface area (Å²) in [7, 11) is 0. The molecule has 10 nitrogen and oxygen atoms in total. The zero-order chi connectivity index (χ0) is 35.5. The number of hydroxylamine groups is 1. The lowest BCUT2D eigenvalue weighted by molar-refractivity contribution is -0.457. The minimum absolute atomic E-state index is 0.178. The van der Waals surface area contributed by atoms with E-state index in [-0.39, 0.29) is 18.6 Å². The van der Waals surface area contributed by atoms with E-state index in [1.807, 2.05) is 55.5 Å². The second-order valence-corrected chi connectivity index (χ2v) is 14.4. The van der Waals surface area contributed by atoms with E-state index in [2.05, 4.69) is 43.7 Å². The number of carbonyl (C=O) groups excluding carboxylic acids is 1. The molecule has 1 unspecified atom stereocenters. The van der Waals surface area contributed by atoms with E-state index in [0.29, 0.717) is 36.6 Å². The van der Waals surface area contributed by atoms with Crippen LogP contribution >= 0.6 is 22.9 Å². The third-order valence-corrected chi connectivity index (χ3v) is 10.9. The van der Waals surface area contributed by atoms with Gasteiger partial charge in [0.2, 0.25) is 5.71 Å². The highest BCUT2D eigenvalue weighted by atomic mass is 35.5. The van der Waals surface area contributed by atoms with Crippen molar-refractivity contribution in [3.63, 3.8) is 0 Å². The summed E-state index contributed by atoms with van der Waals surface area (Å²) in [5.74, 6) is 1.44. The van der Waals surface area contributed by atoms with Crippen molar-refractivity contribution >= 4 is 40.3 Å². The molecule has 5 heterocycles. The Morgan fingerprint density at radius 2 is 1.94 bits per heavy atom. The van der Waals surface area contributed by atoms with Crippen molar-refractivity contribution in [3.8, 4) is 5.00 Å². The summed E-state index contributed by atoms with van der Waals surface area (Å²) in [5, 5.41) is 24.4. The predicted molar refractivity (Wildman–Crippen MR) is 200 cm³/mol. The minimum Gasteiger partial charge on any atom is -0.623 e. The second kappa shape index (κ2) is 15.3. The third kappa shape index (κ3) is 7.24. The number of thiophene rings is 1. The molecule has 3 aromatic heterocycles. The molecule has 7 rings (SSSR count). The molecule has 0 spiro atoms. The molecule has 0 bridgehead atoms. The minimum atomic E-state index is -0.232. The molecule has 2 aromatic carbocycles. The van der Waals surface area contributed by atoms with Crippen LogP contribution in [-0.2, 0) is 29.0 Å². The van der Waals surface area contributed by atoms with E-state index in [4.69, 9.17) is 21.3 Å². The van der Waals surface area contributed by atoms with Crippen LogP contribution in [0.25, 0.3) is 5.00 Å². The van der Waals surface area contributed by atoms with Gasteiger partial charge in [-0.3, -0.25) is 24.2 Å². The first-order valence-corrected chi connectivity index (χ1v) is 18.6. The Labute approximate surface area is 306 Å². The molecule has 51 heavy (non-hydrogen) atoms. The number of hydrogen-bond acceptors (Lipinski definition) is 9. The van der Waals surface area contributed by atoms with Crippen molar-refractivity contribution in [1.82, 2.24) is 24.6 Å². The van der Waals surface area contributed by atoms with Crippen LogP contribution in [0.3, 0.4) is 0 Å². The van der Waals surface area contributed by atoms with Crippen LogP contribution in [-0.4, -0.2) is 66.5 Å². The van der Waals surface area contributed by atoms with E-state index in [1.54, 1.807) is 30.7 Å². The molecule has 5 aromatic rings. The summed E-state index contributed by atoms with van der Waals surface area (Å²) in [6.07, 6.45) is 5.76. The number of pyridine rings is 1. The lowest BCUT2D eigenvalue weighted by Gasteiger charge is -2.27. The molecular formula is C39H40ClN7O3S. The van der Waals surface area contributed by atoms with Gasteiger partial charge in [-0.05, 0) is 75.1 Å². The number of ether oxygens (including phenoxy) is 1. The second-order valence-electron chi connectivity index (χ2n) is 12.9. The number of aromatic nitrogens is 4. The lowest BCUT2D eigenvalue weighted by atomic mass is 9.95. The molecule has 0 radical (unpaired) electrons. The number of aryl methyl sites for hydroxylation is 1. The molecule has 0 N–H and O–H groups in total. The van der Waals surface area contributed by atoms with Gasteiger partial charge in [0, 0.05) is 71.5 Å². The maximum Gasteiger partial charge on any atom is 0.305 e. The number of rotatable bonds is 11. The fourth-order valence-corrected chi connectivity index (χ4v) is 8.63. The van der Waals surface area contributed by atoms with Gasteiger partial charge < -0.3 is 9.94 Å². The first-order chi connectivity index (χ1) is 24.8. The Hall–Kier alpha value is -4.71. The van der Waals surface area contributed by atoms with E-state index < -0.39 is 0 Å². The van der Waals surface area contributed by atoms with Crippen LogP contribution in [0.4, 0.5) is 0 Å². The average molecular weight is 722 g/mol. The van der Waals surface area contributed by atoms with Crippen molar-refractivity contribution in [2.75, 3.05) is 19.7 Å². The summed E-state index contributed by atoms with van der Waals surface area (Å²) >= 11 is 8.57. The Balaban J connectivity index is 1.16. The topological polar surface area (TPSA) is 112 Å². The van der Waals surface area contributed by atoms with Crippen LogP contribution in [0.15, 0.2) is 78.0 Å². The molecule has 0 fully saturated rings. The smallest absolute Gasteiger partial charge is 0.305 e. The highest BCUT2D eigenvalue weighted by Crippen LogP contribution is 2.42. The molecule has 2 aliphatic rings. The van der Waals surface area contributed by atoms with Crippen LogP contribution in [0.1, 0.15) is 89.1 Å². The van der Waals surface area contributed by atoms with Gasteiger partial charge >= 0.3 is 5.97 Å². The fourth-order valence-electron chi connectivity index (χ4n) is 6.95. The van der Waals surface area contributed by atoms with Gasteiger partial charge in [-0.2, -0.15) is 0 Å². The summed E-state index contributed by atoms with van der Waals surface area (Å²) in [6.45, 7) is 8.85. The van der Waals surface area contributed by atoms with Crippen LogP contribution in [0, 0.1) is 12.1 Å². The van der Waals surface area contributed by atoms with E-state index in [1.165, 1.54) is 10.4 Å². The number of hydrogen-bond donors (Lipinski definition) is 0. The summed E-state index contributed by atoms with van der Waals surface area (Å²) in [4.78, 5) is 25.1. The summed E-state index contributed by atoms with van der Waals surface area (Å²) in [6, 6.07) is 19.7. The van der Waals surface area contributed by atoms with Crippen molar-refractivity contribution in [1.29, 1.82) is 0 Å². The maximum absolute atomic E-state index is 13.6. The van der Waals surface area contributed by atoms with Crippen molar-refractivity contribution in [2.24, 2.45) is 4.99 Å². The highest BCUT2D eigenvalue weighted by Gasteiger charge is 2.34. The first kappa shape index (κ1) is 34.7. The maximum atomic E-state index is 13.6. The van der Waals surface area contributed by atoms with Gasteiger partial charge in [0.1, 0.15) is 16.9 Å². The molecule has 0 amide bonds. The quantitative estimate of drug-likeness (QED) is 0.0353. The molecule has 0 aliphatic carbocycles. The number of fused-ring (bicyclic) bond motifs is 5. The van der Waals surface area contributed by atoms with Crippen molar-refractivity contribution in [2.45, 2.75) is 65.6 Å². The van der Waals surface area contributed by atoms with E-state index in [9.17, 15) is 10.0 Å². The molecule has 0 saturated carbocycles. The van der Waals surface area contributed by atoms with Gasteiger partial charge in [-0.25, -0.2) is 4.74 Å². The van der Waals surface area contributed by atoms with Gasteiger partial charge in [0.25, 0.3) is 0 Å². The Morgan fingerprint density at radius 1 is 1.10 bits per heavy atom. The van der Waals surface area contributed by atoms with Crippen molar-refractivity contribution in [3.05, 3.63) is 133 Å². The Bertz CT molecular complexity index is 2120. The van der Waals surface area contributed by atoms with Crippen LogP contribution in [0.2, 0.25) is 5.02 Å². The molecule has 0 saturated heterocycles. The van der Waals surface area contributed by atoms with Gasteiger partial charge in [-0.1, -0.05) is 41.9 Å². The summed E-state index contributed by atoms with van der Waals surface area (Å²) in [5.41, 5.74) is 7.57. The normalized spacial score (nSPS) is 16.0. The zero-order valence-electron chi connectivity index (χ0n) is 29.0. The van der Waals surface area contributed by atoms with Gasteiger partial charge in [0.05, 0.1) is 17.9 Å². The lowest BCUT2D eigenvalue weighted by Crippen LogP contribution is -2.30. The molecule has 2 aliphatic heterocycles. The number of nitrogens with zero attached hydrogens (tertiary/aromatic N) is 7. The number of unbranched alkanes of at least 4 members (excludes halogenated alkanes) is 1. The molecule has 262 valence electrons. The molecule has 12 heteroatoms. The number of benzene rings is 2. The average Bonchev–Trinajstić information content (AvgIpc) is 3.66. The third-order valence-electron chi connectivity index (χ3n) is 9.32. The number of halogens is 1. The summed E-state index contributed by atoms with van der Waals surface area (Å²) < 4.78 is 8.25. The van der Waals surface area contributed by atoms with Gasteiger partial charge in [0.15, 0.2) is 12.4 Å². The van der Waals surface area contributed by atoms with Crippen LogP contribution < -0.4 is 0 Å². The monoisotopic (exact) mass is 721 g/mol. The highest BCUT2D eigenvalue weighted by molar-refractivity contribution is 7.15. The molecular weight excluding hydrogens is 682 g/mol.